The molecule has 7 nitrogen and oxygen atoms in total. The van der Waals surface area contributed by atoms with Gasteiger partial charge in [-0.25, -0.2) is 4.98 Å². The molecule has 3 rings (SSSR count). The molecule has 0 aliphatic carbocycles. The molecule has 0 radical (unpaired) electrons. The summed E-state index contributed by atoms with van der Waals surface area (Å²) in [7, 11) is 1.21. The van der Waals surface area contributed by atoms with E-state index in [1.165, 1.54) is 5.56 Å². The Morgan fingerprint density at radius 3 is 2.63 bits per heavy atom. The van der Waals surface area contributed by atoms with Crippen molar-refractivity contribution in [1.29, 1.82) is 0 Å². The monoisotopic (exact) mass is 435 g/mol. The van der Waals surface area contributed by atoms with Crippen LogP contribution < -0.4 is 5.32 Å². The highest BCUT2D eigenvalue weighted by molar-refractivity contribution is 6.74. The number of fused-ring (bicyclic) bond motifs is 1. The number of carbonyl (C=O) groups excluding carboxylic acids is 1. The highest BCUT2D eigenvalue weighted by atomic mass is 28.4. The van der Waals surface area contributed by atoms with Gasteiger partial charge in [0.1, 0.15) is 17.6 Å². The Kier molecular flexibility index (Phi) is 6.91. The molecule has 0 aromatic carbocycles. The summed E-state index contributed by atoms with van der Waals surface area (Å²) in [5.74, 6) is 0.971. The third kappa shape index (κ3) is 4.71. The first kappa shape index (κ1) is 23.2. The molecule has 0 bridgehead atoms. The van der Waals surface area contributed by atoms with Crippen LogP contribution in [0.2, 0.25) is 18.1 Å². The molecule has 3 heterocycles. The molecule has 168 valence electrons. The molecule has 0 spiro atoms. The Morgan fingerprint density at radius 2 is 2.00 bits per heavy atom. The lowest BCUT2D eigenvalue weighted by Gasteiger charge is -2.37. The number of hydrogen-bond donors (Lipinski definition) is 1. The Hall–Kier alpha value is -1.48. The Bertz CT molecular complexity index is 774. The number of hydrogen-bond acceptors (Lipinski definition) is 6. The van der Waals surface area contributed by atoms with Crippen LogP contribution in [0.4, 0.5) is 5.82 Å². The van der Waals surface area contributed by atoms with E-state index in [2.05, 4.69) is 45.2 Å². The van der Waals surface area contributed by atoms with Gasteiger partial charge in [0.15, 0.2) is 8.32 Å². The smallest absolute Gasteiger partial charge is 0.250 e. The van der Waals surface area contributed by atoms with Crippen molar-refractivity contribution in [2.24, 2.45) is 0 Å². The number of nitrogens with zero attached hydrogens (tertiary/aromatic N) is 2. The third-order valence-corrected chi connectivity index (χ3v) is 11.1. The zero-order valence-electron chi connectivity index (χ0n) is 19.5. The highest BCUT2D eigenvalue weighted by Gasteiger charge is 2.43. The predicted octanol–water partition coefficient (Wildman–Crippen LogP) is 3.85. The maximum atomic E-state index is 13.2. The SMILES string of the molecule is COC(OC)c1nc2c(cc1CN1CC[C@@H](O[Si](C)(C)C(C)(C)C)C1=O)CCCN2. The van der Waals surface area contributed by atoms with Gasteiger partial charge in [0.05, 0.1) is 0 Å². The minimum Gasteiger partial charge on any atom is -0.405 e. The molecule has 0 saturated carbocycles. The van der Waals surface area contributed by atoms with Crippen molar-refractivity contribution in [3.05, 3.63) is 22.9 Å². The molecule has 1 atom stereocenters. The van der Waals surface area contributed by atoms with Gasteiger partial charge in [-0.15, -0.1) is 0 Å². The number of aromatic nitrogens is 1. The molecule has 1 aromatic heterocycles. The number of methoxy groups -OCH3 is 2. The molecule has 1 amide bonds. The summed E-state index contributed by atoms with van der Waals surface area (Å²) in [5.41, 5.74) is 2.90. The summed E-state index contributed by atoms with van der Waals surface area (Å²) < 4.78 is 17.4. The average molecular weight is 436 g/mol. The number of rotatable bonds is 7. The van der Waals surface area contributed by atoms with E-state index in [9.17, 15) is 4.79 Å². The predicted molar refractivity (Wildman–Crippen MR) is 120 cm³/mol. The van der Waals surface area contributed by atoms with E-state index in [1.54, 1.807) is 14.2 Å². The van der Waals surface area contributed by atoms with E-state index in [-0.39, 0.29) is 17.0 Å². The first-order valence-electron chi connectivity index (χ1n) is 10.9. The van der Waals surface area contributed by atoms with E-state index in [0.29, 0.717) is 13.1 Å². The molecule has 1 aromatic rings. The van der Waals surface area contributed by atoms with Crippen LogP contribution in [0.5, 0.6) is 0 Å². The van der Waals surface area contributed by atoms with Crippen LogP contribution in [0.3, 0.4) is 0 Å². The van der Waals surface area contributed by atoms with Crippen LogP contribution >= 0.6 is 0 Å². The number of anilines is 1. The molecule has 0 unspecified atom stereocenters. The van der Waals surface area contributed by atoms with Crippen molar-refractivity contribution in [3.63, 3.8) is 0 Å². The third-order valence-electron chi connectivity index (χ3n) is 6.63. The quantitative estimate of drug-likeness (QED) is 0.518. The van der Waals surface area contributed by atoms with Crippen LogP contribution in [0.25, 0.3) is 0 Å². The van der Waals surface area contributed by atoms with E-state index >= 15 is 0 Å². The maximum absolute atomic E-state index is 13.2. The Balaban J connectivity index is 1.81. The summed E-state index contributed by atoms with van der Waals surface area (Å²) in [6.07, 6.45) is 1.89. The second-order valence-corrected chi connectivity index (χ2v) is 14.5. The highest BCUT2D eigenvalue weighted by Crippen LogP contribution is 2.39. The number of likely N-dealkylation sites (tertiary alicyclic amines) is 1. The molecule has 8 heteroatoms. The van der Waals surface area contributed by atoms with Crippen molar-refractivity contribution in [2.45, 2.75) is 77.1 Å². The average Bonchev–Trinajstić information content (AvgIpc) is 3.01. The number of nitrogens with one attached hydrogen (secondary N) is 1. The van der Waals surface area contributed by atoms with Crippen LogP contribution in [0.15, 0.2) is 6.07 Å². The van der Waals surface area contributed by atoms with Crippen LogP contribution in [-0.4, -0.2) is 57.5 Å². The van der Waals surface area contributed by atoms with Gasteiger partial charge in [-0.05, 0) is 54.6 Å². The van der Waals surface area contributed by atoms with Gasteiger partial charge >= 0.3 is 0 Å². The molecule has 2 aliphatic heterocycles. The fourth-order valence-corrected chi connectivity index (χ4v) is 5.09. The van der Waals surface area contributed by atoms with Crippen molar-refractivity contribution < 1.29 is 18.7 Å². The van der Waals surface area contributed by atoms with Gasteiger partial charge in [0.2, 0.25) is 6.29 Å². The lowest BCUT2D eigenvalue weighted by atomic mass is 10.0. The molecule has 1 N–H and O–H groups in total. The summed E-state index contributed by atoms with van der Waals surface area (Å²) in [5, 5.41) is 3.44. The summed E-state index contributed by atoms with van der Waals surface area (Å²) >= 11 is 0. The van der Waals surface area contributed by atoms with Crippen LogP contribution in [-0.2, 0) is 31.7 Å². The largest absolute Gasteiger partial charge is 0.405 e. The van der Waals surface area contributed by atoms with E-state index in [4.69, 9.17) is 18.9 Å². The van der Waals surface area contributed by atoms with E-state index in [0.717, 1.165) is 42.9 Å². The van der Waals surface area contributed by atoms with Gasteiger partial charge < -0.3 is 24.1 Å². The minimum atomic E-state index is -2.00. The lowest BCUT2D eigenvalue weighted by molar-refractivity contribution is -0.134. The summed E-state index contributed by atoms with van der Waals surface area (Å²) in [4.78, 5) is 19.9. The number of carbonyl (C=O) groups is 1. The first-order chi connectivity index (χ1) is 14.1. The van der Waals surface area contributed by atoms with Gasteiger partial charge in [-0.2, -0.15) is 0 Å². The van der Waals surface area contributed by atoms with Gasteiger partial charge in [0, 0.05) is 33.9 Å². The van der Waals surface area contributed by atoms with Gasteiger partial charge in [-0.3, -0.25) is 4.79 Å². The number of pyridine rings is 1. The molecular weight excluding hydrogens is 398 g/mol. The molecular formula is C22H37N3O4Si. The Labute approximate surface area is 181 Å². The van der Waals surface area contributed by atoms with E-state index < -0.39 is 14.6 Å². The number of amides is 1. The fourth-order valence-electron chi connectivity index (χ4n) is 3.81. The number of aryl methyl sites for hydroxylation is 1. The van der Waals surface area contributed by atoms with Gasteiger partial charge in [-0.1, -0.05) is 20.8 Å². The lowest BCUT2D eigenvalue weighted by Crippen LogP contribution is -2.46. The van der Waals surface area contributed by atoms with Crippen molar-refractivity contribution >= 4 is 20.0 Å². The second kappa shape index (κ2) is 8.94. The Morgan fingerprint density at radius 1 is 1.30 bits per heavy atom. The first-order valence-corrected chi connectivity index (χ1v) is 13.8. The molecule has 1 saturated heterocycles. The fraction of sp³-hybridized carbons (Fsp3) is 0.727. The summed E-state index contributed by atoms with van der Waals surface area (Å²) in [6.45, 7) is 13.1. The van der Waals surface area contributed by atoms with Gasteiger partial charge in [0.25, 0.3) is 5.91 Å². The van der Waals surface area contributed by atoms with Crippen molar-refractivity contribution in [2.75, 3.05) is 32.6 Å². The standard InChI is InChI=1S/C22H37N3O4Si/c1-22(2,3)30(6,7)29-17-10-12-25(20(17)26)14-16-13-15-9-8-11-23-19(15)24-18(16)21(27-4)28-5/h13,17,21H,8-12,14H2,1-7H3,(H,23,24)/t17-/m1/s1. The molecule has 2 aliphatic rings. The zero-order valence-corrected chi connectivity index (χ0v) is 20.5. The minimum absolute atomic E-state index is 0.0768. The summed E-state index contributed by atoms with van der Waals surface area (Å²) in [6, 6.07) is 2.16. The van der Waals surface area contributed by atoms with Crippen LogP contribution in [0, 0.1) is 0 Å². The second-order valence-electron chi connectivity index (χ2n) is 9.79. The molecule has 30 heavy (non-hydrogen) atoms. The van der Waals surface area contributed by atoms with Crippen molar-refractivity contribution in [1.82, 2.24) is 9.88 Å². The van der Waals surface area contributed by atoms with E-state index in [1.807, 2.05) is 4.90 Å². The topological polar surface area (TPSA) is 72.9 Å². The maximum Gasteiger partial charge on any atom is 0.250 e. The number of ether oxygens (including phenoxy) is 2. The van der Waals surface area contributed by atoms with Crippen LogP contribution in [0.1, 0.15) is 56.7 Å². The zero-order chi connectivity index (χ0) is 22.1. The molecule has 1 fully saturated rings. The normalized spacial score (nSPS) is 19.9. The van der Waals surface area contributed by atoms with Crippen molar-refractivity contribution in [3.8, 4) is 0 Å².